The highest BCUT2D eigenvalue weighted by Crippen LogP contribution is 2.41. The highest BCUT2D eigenvalue weighted by atomic mass is 35.5. The Kier molecular flexibility index (Phi) is 5.54. The Morgan fingerprint density at radius 1 is 0.962 bits per heavy atom. The minimum absolute atomic E-state index is 0.553. The van der Waals surface area contributed by atoms with Crippen molar-refractivity contribution in [2.45, 2.75) is 6.92 Å². The first-order valence-corrected chi connectivity index (χ1v) is 9.05. The molecule has 3 aromatic rings. The van der Waals surface area contributed by atoms with Gasteiger partial charge in [-0.25, -0.2) is 4.98 Å². The monoisotopic (exact) mass is 390 g/mol. The van der Waals surface area contributed by atoms with Crippen LogP contribution in [-0.2, 0) is 0 Å². The average molecular weight is 391 g/mol. The van der Waals surface area contributed by atoms with E-state index in [0.29, 0.717) is 22.3 Å². The Morgan fingerprint density at radius 3 is 2.12 bits per heavy atom. The van der Waals surface area contributed by atoms with Crippen molar-refractivity contribution in [1.29, 1.82) is 0 Å². The molecular weight excluding hydrogens is 372 g/mol. The molecule has 0 aliphatic rings. The van der Waals surface area contributed by atoms with Gasteiger partial charge in [0.15, 0.2) is 16.6 Å². The molecule has 0 fully saturated rings. The molecule has 0 saturated carbocycles. The number of thiazole rings is 1. The summed E-state index contributed by atoms with van der Waals surface area (Å²) in [4.78, 5) is 5.82. The van der Waals surface area contributed by atoms with Gasteiger partial charge in [-0.3, -0.25) is 0 Å². The maximum Gasteiger partial charge on any atom is 0.203 e. The molecule has 1 heterocycles. The Bertz CT molecular complexity index is 885. The number of benzene rings is 2. The van der Waals surface area contributed by atoms with E-state index in [1.54, 1.807) is 32.7 Å². The molecule has 0 saturated heterocycles. The summed E-state index contributed by atoms with van der Waals surface area (Å²) in [6.07, 6.45) is 0. The fraction of sp³-hybridized carbons (Fsp3) is 0.211. The fourth-order valence-corrected chi connectivity index (χ4v) is 3.58. The van der Waals surface area contributed by atoms with E-state index in [2.05, 4.69) is 5.32 Å². The SMILES string of the molecule is COc1cc(Nc2nc(-c3ccc(Cl)cc3)c(C)s2)cc(OC)c1OC. The number of rotatable bonds is 6. The maximum atomic E-state index is 5.97. The molecule has 0 unspecified atom stereocenters. The van der Waals surface area contributed by atoms with Crippen LogP contribution >= 0.6 is 22.9 Å². The van der Waals surface area contributed by atoms with Gasteiger partial charge in [0, 0.05) is 33.3 Å². The molecule has 0 bridgehead atoms. The van der Waals surface area contributed by atoms with E-state index < -0.39 is 0 Å². The van der Waals surface area contributed by atoms with Crippen LogP contribution in [0.1, 0.15) is 4.88 Å². The van der Waals surface area contributed by atoms with E-state index in [0.717, 1.165) is 27.0 Å². The second kappa shape index (κ2) is 7.85. The number of hydrogen-bond acceptors (Lipinski definition) is 6. The lowest BCUT2D eigenvalue weighted by Crippen LogP contribution is -1.97. The summed E-state index contributed by atoms with van der Waals surface area (Å²) in [5.74, 6) is 1.72. The Labute approximate surface area is 161 Å². The highest BCUT2D eigenvalue weighted by molar-refractivity contribution is 7.16. The van der Waals surface area contributed by atoms with Crippen molar-refractivity contribution in [2.24, 2.45) is 0 Å². The van der Waals surface area contributed by atoms with Crippen LogP contribution < -0.4 is 19.5 Å². The lowest BCUT2D eigenvalue weighted by atomic mass is 10.1. The Hall–Kier alpha value is -2.44. The molecule has 7 heteroatoms. The first-order chi connectivity index (χ1) is 12.5. The summed E-state index contributed by atoms with van der Waals surface area (Å²) in [5.41, 5.74) is 2.76. The third kappa shape index (κ3) is 3.71. The lowest BCUT2D eigenvalue weighted by Gasteiger charge is -2.14. The standard InChI is InChI=1S/C19H19ClN2O3S/c1-11-17(12-5-7-13(20)8-6-12)22-19(26-11)21-14-9-15(23-2)18(25-4)16(10-14)24-3/h5-10H,1-4H3,(H,21,22). The minimum Gasteiger partial charge on any atom is -0.493 e. The van der Waals surface area contributed by atoms with E-state index in [1.165, 1.54) is 0 Å². The molecule has 0 aliphatic heterocycles. The zero-order valence-corrected chi connectivity index (χ0v) is 16.5. The third-order valence-electron chi connectivity index (χ3n) is 3.83. The van der Waals surface area contributed by atoms with Crippen LogP contribution in [-0.4, -0.2) is 26.3 Å². The molecule has 0 aliphatic carbocycles. The smallest absolute Gasteiger partial charge is 0.203 e. The lowest BCUT2D eigenvalue weighted by molar-refractivity contribution is 0.324. The predicted octanol–water partition coefficient (Wildman–Crippen LogP) is 5.54. The van der Waals surface area contributed by atoms with Crippen molar-refractivity contribution >= 4 is 33.8 Å². The molecule has 0 amide bonds. The molecule has 3 rings (SSSR count). The second-order valence-corrected chi connectivity index (χ2v) is 7.11. The van der Waals surface area contributed by atoms with E-state index >= 15 is 0 Å². The Morgan fingerprint density at radius 2 is 1.58 bits per heavy atom. The summed E-state index contributed by atoms with van der Waals surface area (Å²) >= 11 is 7.55. The van der Waals surface area contributed by atoms with Crippen LogP contribution in [0.25, 0.3) is 11.3 Å². The van der Waals surface area contributed by atoms with Crippen molar-refractivity contribution in [3.05, 3.63) is 46.3 Å². The molecule has 1 aromatic heterocycles. The molecule has 1 N–H and O–H groups in total. The number of methoxy groups -OCH3 is 3. The molecule has 0 atom stereocenters. The number of nitrogens with one attached hydrogen (secondary N) is 1. The van der Waals surface area contributed by atoms with Crippen molar-refractivity contribution in [1.82, 2.24) is 4.98 Å². The van der Waals surface area contributed by atoms with Crippen molar-refractivity contribution in [3.63, 3.8) is 0 Å². The quantitative estimate of drug-likeness (QED) is 0.598. The number of aromatic nitrogens is 1. The summed E-state index contributed by atoms with van der Waals surface area (Å²) in [6.45, 7) is 2.04. The molecule has 5 nitrogen and oxygen atoms in total. The normalized spacial score (nSPS) is 10.5. The van der Waals surface area contributed by atoms with E-state index in [4.69, 9.17) is 30.8 Å². The van der Waals surface area contributed by atoms with Gasteiger partial charge in [0.1, 0.15) is 0 Å². The van der Waals surface area contributed by atoms with Crippen LogP contribution in [0.15, 0.2) is 36.4 Å². The van der Waals surface area contributed by atoms with Crippen LogP contribution in [0.3, 0.4) is 0 Å². The van der Waals surface area contributed by atoms with Gasteiger partial charge in [0.25, 0.3) is 0 Å². The fourth-order valence-electron chi connectivity index (χ4n) is 2.60. The van der Waals surface area contributed by atoms with Crippen molar-refractivity contribution in [3.8, 4) is 28.5 Å². The van der Waals surface area contributed by atoms with Gasteiger partial charge in [-0.1, -0.05) is 23.7 Å². The zero-order chi connectivity index (χ0) is 18.7. The second-order valence-electron chi connectivity index (χ2n) is 5.47. The van der Waals surface area contributed by atoms with Gasteiger partial charge in [0.2, 0.25) is 5.75 Å². The largest absolute Gasteiger partial charge is 0.493 e. The van der Waals surface area contributed by atoms with E-state index in [1.807, 2.05) is 43.3 Å². The average Bonchev–Trinajstić information content (AvgIpc) is 3.01. The van der Waals surface area contributed by atoms with E-state index in [-0.39, 0.29) is 0 Å². The molecule has 0 spiro atoms. The van der Waals surface area contributed by atoms with Crippen molar-refractivity contribution in [2.75, 3.05) is 26.6 Å². The van der Waals surface area contributed by atoms with Gasteiger partial charge >= 0.3 is 0 Å². The highest BCUT2D eigenvalue weighted by Gasteiger charge is 2.15. The van der Waals surface area contributed by atoms with Gasteiger partial charge in [0.05, 0.1) is 27.0 Å². The van der Waals surface area contributed by atoms with Gasteiger partial charge in [-0.15, -0.1) is 11.3 Å². The summed E-state index contributed by atoms with van der Waals surface area (Å²) in [5, 5.41) is 4.80. The number of hydrogen-bond donors (Lipinski definition) is 1. The van der Waals surface area contributed by atoms with Gasteiger partial charge in [-0.2, -0.15) is 0 Å². The molecule has 26 heavy (non-hydrogen) atoms. The van der Waals surface area contributed by atoms with Crippen LogP contribution in [0.5, 0.6) is 17.2 Å². The first-order valence-electron chi connectivity index (χ1n) is 7.86. The first kappa shape index (κ1) is 18.4. The predicted molar refractivity (Wildman–Crippen MR) is 107 cm³/mol. The number of aryl methyl sites for hydroxylation is 1. The van der Waals surface area contributed by atoms with Crippen LogP contribution in [0.2, 0.25) is 5.02 Å². The number of anilines is 2. The topological polar surface area (TPSA) is 52.6 Å². The molecule has 136 valence electrons. The number of halogens is 1. The van der Waals surface area contributed by atoms with Crippen molar-refractivity contribution < 1.29 is 14.2 Å². The molecule has 0 radical (unpaired) electrons. The molecule has 2 aromatic carbocycles. The zero-order valence-electron chi connectivity index (χ0n) is 14.9. The Balaban J connectivity index is 1.92. The maximum absolute atomic E-state index is 5.97. The summed E-state index contributed by atoms with van der Waals surface area (Å²) in [6, 6.07) is 11.4. The number of ether oxygens (including phenoxy) is 3. The van der Waals surface area contributed by atoms with Gasteiger partial charge in [-0.05, 0) is 19.1 Å². The summed E-state index contributed by atoms with van der Waals surface area (Å²) < 4.78 is 16.1. The van der Waals surface area contributed by atoms with E-state index in [9.17, 15) is 0 Å². The van der Waals surface area contributed by atoms with Crippen LogP contribution in [0.4, 0.5) is 10.8 Å². The van der Waals surface area contributed by atoms with Gasteiger partial charge < -0.3 is 19.5 Å². The number of nitrogens with zero attached hydrogens (tertiary/aromatic N) is 1. The van der Waals surface area contributed by atoms with Crippen LogP contribution in [0, 0.1) is 6.92 Å². The minimum atomic E-state index is 0.553. The third-order valence-corrected chi connectivity index (χ3v) is 4.97. The summed E-state index contributed by atoms with van der Waals surface area (Å²) in [7, 11) is 4.76. The molecular formula is C19H19ClN2O3S.